The van der Waals surface area contributed by atoms with Crippen molar-refractivity contribution in [3.05, 3.63) is 84.2 Å². The lowest BCUT2D eigenvalue weighted by Gasteiger charge is -2.10. The molecule has 26 heavy (non-hydrogen) atoms. The van der Waals surface area contributed by atoms with Crippen molar-refractivity contribution in [3.8, 4) is 17.0 Å². The van der Waals surface area contributed by atoms with E-state index in [2.05, 4.69) is 25.9 Å². The molecule has 0 saturated heterocycles. The summed E-state index contributed by atoms with van der Waals surface area (Å²) in [5.74, 6) is -0.0558. The maximum atomic E-state index is 12.9. The first-order valence-corrected chi connectivity index (χ1v) is 8.65. The predicted octanol–water partition coefficient (Wildman–Crippen LogP) is 3.83. The molecule has 0 spiro atoms. The molecule has 3 aromatic rings. The van der Waals surface area contributed by atoms with Crippen molar-refractivity contribution >= 4 is 15.9 Å². The van der Waals surface area contributed by atoms with E-state index in [4.69, 9.17) is 4.74 Å². The standard InChI is InChI=1S/C19H16BrFN2O3/c1-10-17(19(25)18(20)11(2)23-10)14-8-22-16(7-15(14)24)26-9-12-3-5-13(21)6-4-12/h3-8H,9H2,1-2H3,(H,22,24)(H,23,25). The van der Waals surface area contributed by atoms with E-state index in [1.807, 2.05) is 0 Å². The molecular weight excluding hydrogens is 403 g/mol. The third-order valence-corrected chi connectivity index (χ3v) is 4.92. The van der Waals surface area contributed by atoms with Crippen LogP contribution in [0.1, 0.15) is 17.0 Å². The molecule has 0 atom stereocenters. The van der Waals surface area contributed by atoms with E-state index in [-0.39, 0.29) is 34.7 Å². The summed E-state index contributed by atoms with van der Waals surface area (Å²) in [4.78, 5) is 30.9. The maximum absolute atomic E-state index is 12.9. The Bertz CT molecular complexity index is 1070. The Morgan fingerprint density at radius 2 is 1.81 bits per heavy atom. The summed E-state index contributed by atoms with van der Waals surface area (Å²) < 4.78 is 18.8. The zero-order chi connectivity index (χ0) is 18.8. The molecule has 1 aromatic carbocycles. The summed E-state index contributed by atoms with van der Waals surface area (Å²) >= 11 is 3.25. The molecule has 0 fully saturated rings. The Morgan fingerprint density at radius 1 is 1.12 bits per heavy atom. The highest BCUT2D eigenvalue weighted by Gasteiger charge is 2.15. The number of halogens is 2. The van der Waals surface area contributed by atoms with Crippen molar-refractivity contribution in [1.29, 1.82) is 0 Å². The zero-order valence-corrected chi connectivity index (χ0v) is 15.7. The van der Waals surface area contributed by atoms with Crippen molar-refractivity contribution in [1.82, 2.24) is 9.97 Å². The number of hydrogen-bond donors (Lipinski definition) is 2. The van der Waals surface area contributed by atoms with Gasteiger partial charge in [-0.2, -0.15) is 0 Å². The number of aromatic nitrogens is 2. The minimum absolute atomic E-state index is 0.186. The summed E-state index contributed by atoms with van der Waals surface area (Å²) in [7, 11) is 0. The second kappa shape index (κ2) is 7.29. The highest BCUT2D eigenvalue weighted by Crippen LogP contribution is 2.20. The van der Waals surface area contributed by atoms with E-state index in [0.29, 0.717) is 21.4 Å². The second-order valence-corrected chi connectivity index (χ2v) is 6.68. The molecule has 2 heterocycles. The molecule has 0 aliphatic carbocycles. The average Bonchev–Trinajstić information content (AvgIpc) is 2.61. The van der Waals surface area contributed by atoms with Crippen LogP contribution in [-0.4, -0.2) is 9.97 Å². The quantitative estimate of drug-likeness (QED) is 0.675. The molecule has 5 nitrogen and oxygen atoms in total. The van der Waals surface area contributed by atoms with Gasteiger partial charge in [0.2, 0.25) is 5.43 Å². The fourth-order valence-electron chi connectivity index (χ4n) is 2.65. The number of pyridine rings is 2. The molecule has 0 aliphatic rings. The number of aryl methyl sites for hydroxylation is 2. The van der Waals surface area contributed by atoms with Crippen LogP contribution < -0.4 is 15.6 Å². The van der Waals surface area contributed by atoms with Gasteiger partial charge in [0, 0.05) is 23.7 Å². The molecule has 134 valence electrons. The van der Waals surface area contributed by atoms with E-state index >= 15 is 0 Å². The third kappa shape index (κ3) is 3.62. The Morgan fingerprint density at radius 3 is 2.46 bits per heavy atom. The fourth-order valence-corrected chi connectivity index (χ4v) is 2.94. The molecule has 0 bridgehead atoms. The monoisotopic (exact) mass is 418 g/mol. The van der Waals surface area contributed by atoms with Crippen LogP contribution in [0.25, 0.3) is 11.1 Å². The predicted molar refractivity (Wildman–Crippen MR) is 101 cm³/mol. The Labute approximate surface area is 157 Å². The SMILES string of the molecule is Cc1[nH]c(C)c(-c2c[nH]c(OCc3ccc(F)cc3)cc2=O)c(=O)c1Br. The highest BCUT2D eigenvalue weighted by molar-refractivity contribution is 9.10. The second-order valence-electron chi connectivity index (χ2n) is 5.88. The van der Waals surface area contributed by atoms with E-state index < -0.39 is 0 Å². The molecule has 0 unspecified atom stereocenters. The number of aromatic amines is 2. The fraction of sp³-hybridized carbons (Fsp3) is 0.158. The van der Waals surface area contributed by atoms with Gasteiger partial charge in [0.1, 0.15) is 12.4 Å². The summed E-state index contributed by atoms with van der Waals surface area (Å²) in [6.07, 6.45) is 1.46. The van der Waals surface area contributed by atoms with E-state index in [1.165, 1.54) is 24.4 Å². The van der Waals surface area contributed by atoms with Crippen LogP contribution >= 0.6 is 15.9 Å². The number of benzene rings is 1. The van der Waals surface area contributed by atoms with Crippen LogP contribution in [0.5, 0.6) is 5.88 Å². The summed E-state index contributed by atoms with van der Waals surface area (Å²) in [5, 5.41) is 0. The van der Waals surface area contributed by atoms with Crippen molar-refractivity contribution in [2.24, 2.45) is 0 Å². The summed E-state index contributed by atoms with van der Waals surface area (Å²) in [6.45, 7) is 3.71. The van der Waals surface area contributed by atoms with Gasteiger partial charge in [0.05, 0.1) is 15.6 Å². The molecule has 3 rings (SSSR count). The van der Waals surface area contributed by atoms with Gasteiger partial charge >= 0.3 is 0 Å². The van der Waals surface area contributed by atoms with E-state index in [9.17, 15) is 14.0 Å². The molecular formula is C19H16BrFN2O3. The molecule has 0 aliphatic heterocycles. The topological polar surface area (TPSA) is 75.0 Å². The lowest BCUT2D eigenvalue weighted by atomic mass is 10.1. The lowest BCUT2D eigenvalue weighted by Crippen LogP contribution is -2.17. The van der Waals surface area contributed by atoms with Gasteiger partial charge in [-0.25, -0.2) is 4.39 Å². The van der Waals surface area contributed by atoms with Gasteiger partial charge in [-0.3, -0.25) is 9.59 Å². The van der Waals surface area contributed by atoms with Gasteiger partial charge < -0.3 is 14.7 Å². The Hall–Kier alpha value is -2.67. The van der Waals surface area contributed by atoms with Crippen LogP contribution in [0.15, 0.2) is 50.6 Å². The Balaban J connectivity index is 1.89. The van der Waals surface area contributed by atoms with Gasteiger partial charge in [-0.15, -0.1) is 0 Å². The number of ether oxygens (including phenoxy) is 1. The largest absolute Gasteiger partial charge is 0.474 e. The van der Waals surface area contributed by atoms with Gasteiger partial charge in [0.15, 0.2) is 11.3 Å². The van der Waals surface area contributed by atoms with Crippen molar-refractivity contribution in [2.45, 2.75) is 20.5 Å². The van der Waals surface area contributed by atoms with Crippen LogP contribution in [0.3, 0.4) is 0 Å². The lowest BCUT2D eigenvalue weighted by molar-refractivity contribution is 0.293. The maximum Gasteiger partial charge on any atom is 0.204 e. The van der Waals surface area contributed by atoms with Crippen molar-refractivity contribution in [2.75, 3.05) is 0 Å². The number of H-pyrrole nitrogens is 2. The van der Waals surface area contributed by atoms with Gasteiger partial charge in [-0.1, -0.05) is 12.1 Å². The van der Waals surface area contributed by atoms with Crippen LogP contribution in [0.4, 0.5) is 4.39 Å². The summed E-state index contributed by atoms with van der Waals surface area (Å²) in [6, 6.07) is 7.19. The first-order valence-electron chi connectivity index (χ1n) is 7.86. The molecule has 0 amide bonds. The van der Waals surface area contributed by atoms with Crippen LogP contribution in [-0.2, 0) is 6.61 Å². The van der Waals surface area contributed by atoms with E-state index in [1.54, 1.807) is 26.0 Å². The molecule has 0 saturated carbocycles. The van der Waals surface area contributed by atoms with E-state index in [0.717, 1.165) is 5.56 Å². The molecule has 0 radical (unpaired) electrons. The van der Waals surface area contributed by atoms with Crippen LogP contribution in [0, 0.1) is 19.7 Å². The first-order chi connectivity index (χ1) is 12.4. The number of nitrogens with one attached hydrogen (secondary N) is 2. The zero-order valence-electron chi connectivity index (χ0n) is 14.2. The minimum atomic E-state index is -0.331. The smallest absolute Gasteiger partial charge is 0.204 e. The van der Waals surface area contributed by atoms with Gasteiger partial charge in [0.25, 0.3) is 0 Å². The highest BCUT2D eigenvalue weighted by atomic mass is 79.9. The van der Waals surface area contributed by atoms with Crippen molar-refractivity contribution in [3.63, 3.8) is 0 Å². The summed E-state index contributed by atoms with van der Waals surface area (Å²) in [5.41, 5.74) is 2.08. The normalized spacial score (nSPS) is 10.8. The third-order valence-electron chi connectivity index (χ3n) is 3.97. The number of hydrogen-bond acceptors (Lipinski definition) is 3. The van der Waals surface area contributed by atoms with Crippen molar-refractivity contribution < 1.29 is 9.13 Å². The minimum Gasteiger partial charge on any atom is -0.474 e. The molecule has 7 heteroatoms. The molecule has 2 aromatic heterocycles. The average molecular weight is 419 g/mol. The van der Waals surface area contributed by atoms with Crippen LogP contribution in [0.2, 0.25) is 0 Å². The van der Waals surface area contributed by atoms with Gasteiger partial charge in [-0.05, 0) is 47.5 Å². The Kier molecular flexibility index (Phi) is 5.08. The first kappa shape index (κ1) is 18.1. The number of rotatable bonds is 4. The molecule has 2 N–H and O–H groups in total.